The van der Waals surface area contributed by atoms with Crippen LogP contribution in [-0.2, 0) is 14.8 Å². The number of nitrogens with zero attached hydrogens (tertiary/aromatic N) is 2. The molecule has 2 rings (SSSR count). The Labute approximate surface area is 133 Å². The maximum absolute atomic E-state index is 12.8. The fourth-order valence-corrected chi connectivity index (χ4v) is 4.33. The lowest BCUT2D eigenvalue weighted by Gasteiger charge is -2.36. The molecule has 0 spiro atoms. The van der Waals surface area contributed by atoms with E-state index in [9.17, 15) is 13.2 Å². The zero-order valence-corrected chi connectivity index (χ0v) is 14.2. The maximum atomic E-state index is 12.8. The molecule has 0 aliphatic carbocycles. The molecule has 0 radical (unpaired) electrons. The number of rotatable bonds is 4. The summed E-state index contributed by atoms with van der Waals surface area (Å²) in [5.41, 5.74) is 0. The van der Waals surface area contributed by atoms with Crippen LogP contribution in [0.15, 0.2) is 35.2 Å². The first-order valence-corrected chi connectivity index (χ1v) is 9.13. The Morgan fingerprint density at radius 1 is 1.23 bits per heavy atom. The Morgan fingerprint density at radius 2 is 1.86 bits per heavy atom. The number of hydrogen-bond donors (Lipinski definition) is 0. The number of piperidine rings is 1. The van der Waals surface area contributed by atoms with Crippen molar-refractivity contribution in [3.63, 3.8) is 0 Å². The van der Waals surface area contributed by atoms with Crippen LogP contribution >= 0.6 is 0 Å². The number of hydrogen-bond acceptors (Lipinski definition) is 3. The summed E-state index contributed by atoms with van der Waals surface area (Å²) in [5, 5.41) is 0. The van der Waals surface area contributed by atoms with E-state index < -0.39 is 16.1 Å². The first-order valence-electron chi connectivity index (χ1n) is 7.69. The Kier molecular flexibility index (Phi) is 5.24. The van der Waals surface area contributed by atoms with Crippen LogP contribution in [0, 0.1) is 0 Å². The molecule has 122 valence electrons. The van der Waals surface area contributed by atoms with Crippen LogP contribution in [0.5, 0.6) is 0 Å². The van der Waals surface area contributed by atoms with Gasteiger partial charge in [-0.1, -0.05) is 24.6 Å². The number of likely N-dealkylation sites (N-methyl/N-ethyl adjacent to an activating group) is 1. The Hall–Kier alpha value is -1.40. The summed E-state index contributed by atoms with van der Waals surface area (Å²) in [6.07, 6.45) is 2.26. The molecular weight excluding hydrogens is 300 g/mol. The molecule has 0 bridgehead atoms. The van der Waals surface area contributed by atoms with Crippen molar-refractivity contribution in [2.75, 3.05) is 13.6 Å². The van der Waals surface area contributed by atoms with Crippen molar-refractivity contribution in [1.82, 2.24) is 9.21 Å². The van der Waals surface area contributed by atoms with Gasteiger partial charge in [-0.25, -0.2) is 8.42 Å². The minimum absolute atomic E-state index is 0.0516. The highest BCUT2D eigenvalue weighted by molar-refractivity contribution is 7.89. The van der Waals surface area contributed by atoms with E-state index >= 15 is 0 Å². The summed E-state index contributed by atoms with van der Waals surface area (Å²) in [7, 11) is -1.90. The molecule has 0 saturated carbocycles. The van der Waals surface area contributed by atoms with E-state index in [-0.39, 0.29) is 16.8 Å². The molecule has 1 amide bonds. The van der Waals surface area contributed by atoms with Gasteiger partial charge >= 0.3 is 0 Å². The van der Waals surface area contributed by atoms with Gasteiger partial charge in [-0.3, -0.25) is 4.79 Å². The second-order valence-electron chi connectivity index (χ2n) is 5.98. The highest BCUT2D eigenvalue weighted by Crippen LogP contribution is 2.26. The summed E-state index contributed by atoms with van der Waals surface area (Å²) >= 11 is 0. The van der Waals surface area contributed by atoms with Gasteiger partial charge < -0.3 is 4.90 Å². The summed E-state index contributed by atoms with van der Waals surface area (Å²) in [4.78, 5) is 14.5. The van der Waals surface area contributed by atoms with Crippen LogP contribution in [0.1, 0.15) is 33.1 Å². The lowest BCUT2D eigenvalue weighted by molar-refractivity contribution is -0.136. The lowest BCUT2D eigenvalue weighted by Crippen LogP contribution is -2.53. The van der Waals surface area contributed by atoms with Crippen molar-refractivity contribution in [1.29, 1.82) is 0 Å². The van der Waals surface area contributed by atoms with Crippen molar-refractivity contribution in [2.45, 2.75) is 50.1 Å². The molecular formula is C16H24N2O3S. The number of carbonyl (C=O) groups excluding carboxylic acids is 1. The van der Waals surface area contributed by atoms with Crippen LogP contribution < -0.4 is 0 Å². The maximum Gasteiger partial charge on any atom is 0.243 e. The second-order valence-corrected chi connectivity index (χ2v) is 7.87. The molecule has 6 heteroatoms. The Morgan fingerprint density at radius 3 is 2.45 bits per heavy atom. The lowest BCUT2D eigenvalue weighted by atomic mass is 10.0. The number of benzene rings is 1. The molecule has 1 saturated heterocycles. The van der Waals surface area contributed by atoms with Crippen LogP contribution in [0.2, 0.25) is 0 Å². The van der Waals surface area contributed by atoms with Crippen LogP contribution in [0.25, 0.3) is 0 Å². The van der Waals surface area contributed by atoms with Crippen molar-refractivity contribution in [2.24, 2.45) is 0 Å². The molecule has 22 heavy (non-hydrogen) atoms. The average Bonchev–Trinajstić information content (AvgIpc) is 2.54. The van der Waals surface area contributed by atoms with E-state index in [0.29, 0.717) is 13.0 Å². The van der Waals surface area contributed by atoms with Crippen LogP contribution in [0.4, 0.5) is 0 Å². The summed E-state index contributed by atoms with van der Waals surface area (Å²) in [6.45, 7) is 4.26. The average molecular weight is 324 g/mol. The summed E-state index contributed by atoms with van der Waals surface area (Å²) in [5.74, 6) is -0.116. The molecule has 1 aliphatic rings. The van der Waals surface area contributed by atoms with Crippen molar-refractivity contribution in [3.8, 4) is 0 Å². The van der Waals surface area contributed by atoms with E-state index in [1.807, 2.05) is 13.8 Å². The van der Waals surface area contributed by atoms with Crippen molar-refractivity contribution < 1.29 is 13.2 Å². The normalized spacial score (nSPS) is 20.1. The fourth-order valence-electron chi connectivity index (χ4n) is 2.66. The zero-order valence-electron chi connectivity index (χ0n) is 13.4. The van der Waals surface area contributed by atoms with Gasteiger partial charge in [0.05, 0.1) is 4.90 Å². The van der Waals surface area contributed by atoms with Gasteiger partial charge in [0, 0.05) is 19.6 Å². The first-order chi connectivity index (χ1) is 10.4. The summed E-state index contributed by atoms with van der Waals surface area (Å²) in [6, 6.07) is 7.81. The molecule has 1 aromatic carbocycles. The molecule has 1 aromatic rings. The van der Waals surface area contributed by atoms with Crippen LogP contribution in [0.3, 0.4) is 0 Å². The Balaban J connectivity index is 2.33. The third kappa shape index (κ3) is 3.33. The van der Waals surface area contributed by atoms with E-state index in [1.165, 1.54) is 4.31 Å². The Bertz CT molecular complexity index is 614. The van der Waals surface area contributed by atoms with Gasteiger partial charge in [-0.2, -0.15) is 4.31 Å². The topological polar surface area (TPSA) is 57.7 Å². The van der Waals surface area contributed by atoms with Crippen LogP contribution in [-0.4, -0.2) is 49.2 Å². The predicted octanol–water partition coefficient (Wildman–Crippen LogP) is 2.10. The molecule has 0 N–H and O–H groups in total. The highest BCUT2D eigenvalue weighted by Gasteiger charge is 2.39. The minimum Gasteiger partial charge on any atom is -0.342 e. The number of sulfonamides is 1. The smallest absolute Gasteiger partial charge is 0.243 e. The van der Waals surface area contributed by atoms with E-state index in [0.717, 1.165) is 12.8 Å². The SMILES string of the molecule is CC(C)N(C)C(=O)C1CCCCN1S(=O)(=O)c1ccccc1. The zero-order chi connectivity index (χ0) is 16.3. The monoisotopic (exact) mass is 324 g/mol. The first kappa shape index (κ1) is 17.0. The van der Waals surface area contributed by atoms with Gasteiger partial charge in [0.25, 0.3) is 0 Å². The van der Waals surface area contributed by atoms with Gasteiger partial charge in [0.1, 0.15) is 6.04 Å². The third-order valence-corrected chi connectivity index (χ3v) is 6.13. The van der Waals surface area contributed by atoms with E-state index in [4.69, 9.17) is 0 Å². The summed E-state index contributed by atoms with van der Waals surface area (Å²) < 4.78 is 27.1. The van der Waals surface area contributed by atoms with Gasteiger partial charge in [-0.05, 0) is 38.8 Å². The highest BCUT2D eigenvalue weighted by atomic mass is 32.2. The van der Waals surface area contributed by atoms with Gasteiger partial charge in [-0.15, -0.1) is 0 Å². The quantitative estimate of drug-likeness (QED) is 0.852. The molecule has 0 aromatic heterocycles. The molecule has 5 nitrogen and oxygen atoms in total. The van der Waals surface area contributed by atoms with Crippen molar-refractivity contribution >= 4 is 15.9 Å². The van der Waals surface area contributed by atoms with E-state index in [1.54, 1.807) is 42.3 Å². The molecule has 1 heterocycles. The standard InChI is InChI=1S/C16H24N2O3S/c1-13(2)17(3)16(19)15-11-7-8-12-18(15)22(20,21)14-9-5-4-6-10-14/h4-6,9-10,13,15H,7-8,11-12H2,1-3H3. The largest absolute Gasteiger partial charge is 0.342 e. The number of carbonyl (C=O) groups is 1. The predicted molar refractivity (Wildman–Crippen MR) is 85.9 cm³/mol. The minimum atomic E-state index is -3.63. The molecule has 1 fully saturated rings. The molecule has 1 aliphatic heterocycles. The van der Waals surface area contributed by atoms with Gasteiger partial charge in [0.15, 0.2) is 0 Å². The van der Waals surface area contributed by atoms with Gasteiger partial charge in [0.2, 0.25) is 15.9 Å². The number of amides is 1. The van der Waals surface area contributed by atoms with Crippen molar-refractivity contribution in [3.05, 3.63) is 30.3 Å². The third-order valence-electron chi connectivity index (χ3n) is 4.21. The molecule has 1 atom stereocenters. The second kappa shape index (κ2) is 6.79. The fraction of sp³-hybridized carbons (Fsp3) is 0.562. The van der Waals surface area contributed by atoms with E-state index in [2.05, 4.69) is 0 Å². The molecule has 1 unspecified atom stereocenters.